The minimum absolute atomic E-state index is 0.0987. The first-order chi connectivity index (χ1) is 37.0. The van der Waals surface area contributed by atoms with Crippen LogP contribution in [0.25, 0.3) is 0 Å². The van der Waals surface area contributed by atoms with E-state index < -0.39 is 6.10 Å². The summed E-state index contributed by atoms with van der Waals surface area (Å²) >= 11 is 0. The summed E-state index contributed by atoms with van der Waals surface area (Å²) in [5, 5.41) is 0. The van der Waals surface area contributed by atoms with Crippen LogP contribution >= 0.6 is 0 Å². The van der Waals surface area contributed by atoms with Crippen molar-refractivity contribution in [1.82, 2.24) is 0 Å². The van der Waals surface area contributed by atoms with Crippen LogP contribution in [-0.2, 0) is 28.6 Å². The Bertz CT molecular complexity index is 1520. The minimum Gasteiger partial charge on any atom is -0.462 e. The highest BCUT2D eigenvalue weighted by Gasteiger charge is 2.19. The largest absolute Gasteiger partial charge is 0.462 e. The first-order valence-corrected chi connectivity index (χ1v) is 31.4. The Hall–Kier alpha value is -3.93. The van der Waals surface area contributed by atoms with Gasteiger partial charge in [-0.05, 0) is 103 Å². The standard InChI is InChI=1S/C69H116O6/c1-4-7-10-13-16-19-22-25-28-31-33-34-36-38-41-44-47-50-53-56-59-62-68(71)74-65-66(64-73-67(70)61-58-55-52-49-46-43-40-37-30-27-24-21-18-15-12-9-6-3)75-69(72)63-60-57-54-51-48-45-42-39-35-32-29-26-23-20-17-14-11-8-5-2/h8-9,11-12,17-18,20-21,26-27,29-30,35,39-40,43,45,48,66H,4-7,10,13-16,19,22-25,28,31-34,36-38,41-42,44,46-47,49-65H2,1-3H3/b11-8-,12-9-,20-17-,21-18-,29-26-,30-27-,39-35-,43-40-,48-45-/t66-/m1/s1. The molecule has 0 rings (SSSR count). The average molecular weight is 1040 g/mol. The molecule has 0 amide bonds. The highest BCUT2D eigenvalue weighted by molar-refractivity contribution is 5.71. The second kappa shape index (κ2) is 62.6. The van der Waals surface area contributed by atoms with E-state index in [9.17, 15) is 14.4 Å². The Morgan fingerprint density at radius 2 is 0.520 bits per heavy atom. The van der Waals surface area contributed by atoms with Crippen molar-refractivity contribution < 1.29 is 28.6 Å². The first kappa shape index (κ1) is 71.1. The van der Waals surface area contributed by atoms with Crippen molar-refractivity contribution in [2.24, 2.45) is 0 Å². The predicted molar refractivity (Wildman–Crippen MR) is 325 cm³/mol. The number of hydrogen-bond donors (Lipinski definition) is 0. The number of carbonyl (C=O) groups excluding carboxylic acids is 3. The summed E-state index contributed by atoms with van der Waals surface area (Å²) in [4.78, 5) is 38.3. The smallest absolute Gasteiger partial charge is 0.306 e. The van der Waals surface area contributed by atoms with Gasteiger partial charge in [-0.15, -0.1) is 0 Å². The van der Waals surface area contributed by atoms with Crippen LogP contribution in [0.3, 0.4) is 0 Å². The Morgan fingerprint density at radius 3 is 0.827 bits per heavy atom. The number of hydrogen-bond acceptors (Lipinski definition) is 6. The minimum atomic E-state index is -0.808. The molecule has 0 N–H and O–H groups in total. The van der Waals surface area contributed by atoms with Crippen LogP contribution in [0.1, 0.15) is 290 Å². The van der Waals surface area contributed by atoms with Crippen molar-refractivity contribution in [3.05, 3.63) is 109 Å². The molecule has 0 radical (unpaired) electrons. The molecule has 0 aromatic carbocycles. The summed E-state index contributed by atoms with van der Waals surface area (Å²) in [5.41, 5.74) is 0. The molecule has 0 aliphatic rings. The SMILES string of the molecule is CC/C=C\C/C=C\C/C=C\C/C=C\C/C=C\CCCCCC(=O)O[C@H](COC(=O)CCCCCC/C=C\C/C=C\C/C=C\C/C=C\CC)COC(=O)CCCCCCCCCCCCCCCCCCCCCCC. The van der Waals surface area contributed by atoms with Crippen LogP contribution in [-0.4, -0.2) is 37.2 Å². The fourth-order valence-corrected chi connectivity index (χ4v) is 8.64. The molecule has 0 fully saturated rings. The highest BCUT2D eigenvalue weighted by Crippen LogP contribution is 2.16. The molecular formula is C69H116O6. The van der Waals surface area contributed by atoms with Gasteiger partial charge in [0.05, 0.1) is 0 Å². The van der Waals surface area contributed by atoms with Gasteiger partial charge in [0.2, 0.25) is 0 Å². The number of ether oxygens (including phenoxy) is 3. The van der Waals surface area contributed by atoms with Crippen LogP contribution in [0, 0.1) is 0 Å². The van der Waals surface area contributed by atoms with Gasteiger partial charge in [-0.25, -0.2) is 0 Å². The monoisotopic (exact) mass is 1040 g/mol. The van der Waals surface area contributed by atoms with Gasteiger partial charge >= 0.3 is 17.9 Å². The molecule has 0 heterocycles. The second-order valence-corrected chi connectivity index (χ2v) is 20.6. The van der Waals surface area contributed by atoms with Gasteiger partial charge in [0.15, 0.2) is 6.10 Å². The lowest BCUT2D eigenvalue weighted by molar-refractivity contribution is -0.167. The van der Waals surface area contributed by atoms with Crippen molar-refractivity contribution in [3.8, 4) is 0 Å². The Balaban J connectivity index is 4.45. The number of esters is 3. The zero-order valence-corrected chi connectivity index (χ0v) is 49.0. The topological polar surface area (TPSA) is 78.9 Å². The van der Waals surface area contributed by atoms with E-state index in [1.165, 1.54) is 116 Å². The average Bonchev–Trinajstić information content (AvgIpc) is 3.41. The maximum Gasteiger partial charge on any atom is 0.306 e. The molecule has 1 atom stereocenters. The van der Waals surface area contributed by atoms with E-state index in [2.05, 4.69) is 130 Å². The molecule has 0 aromatic rings. The highest BCUT2D eigenvalue weighted by atomic mass is 16.6. The molecule has 0 aromatic heterocycles. The lowest BCUT2D eigenvalue weighted by Crippen LogP contribution is -2.30. The molecule has 0 aliphatic heterocycles. The van der Waals surface area contributed by atoms with Crippen molar-refractivity contribution in [2.45, 2.75) is 297 Å². The van der Waals surface area contributed by atoms with Gasteiger partial charge in [0, 0.05) is 19.3 Å². The normalized spacial score (nSPS) is 12.8. The molecule has 0 bridgehead atoms. The lowest BCUT2D eigenvalue weighted by Gasteiger charge is -2.18. The molecule has 0 unspecified atom stereocenters. The summed E-state index contributed by atoms with van der Waals surface area (Å²) < 4.78 is 16.9. The van der Waals surface area contributed by atoms with E-state index >= 15 is 0 Å². The first-order valence-electron chi connectivity index (χ1n) is 31.4. The second-order valence-electron chi connectivity index (χ2n) is 20.6. The van der Waals surface area contributed by atoms with Gasteiger partial charge < -0.3 is 14.2 Å². The van der Waals surface area contributed by atoms with Crippen LogP contribution in [0.5, 0.6) is 0 Å². The van der Waals surface area contributed by atoms with Crippen LogP contribution in [0.2, 0.25) is 0 Å². The molecule has 6 heteroatoms. The molecule has 0 spiro atoms. The summed E-state index contributed by atoms with van der Waals surface area (Å²) in [6, 6.07) is 0. The lowest BCUT2D eigenvalue weighted by atomic mass is 10.0. The van der Waals surface area contributed by atoms with Gasteiger partial charge in [-0.2, -0.15) is 0 Å². The Kier molecular flexibility index (Phi) is 59.3. The molecule has 0 saturated carbocycles. The number of carbonyl (C=O) groups is 3. The summed E-state index contributed by atoms with van der Waals surface area (Å²) in [7, 11) is 0. The van der Waals surface area contributed by atoms with Gasteiger partial charge in [-0.1, -0.05) is 278 Å². The Morgan fingerprint density at radius 1 is 0.280 bits per heavy atom. The van der Waals surface area contributed by atoms with E-state index in [0.717, 1.165) is 135 Å². The third-order valence-electron chi connectivity index (χ3n) is 13.3. The zero-order chi connectivity index (χ0) is 54.3. The molecular weight excluding hydrogens is 925 g/mol. The van der Waals surface area contributed by atoms with Crippen molar-refractivity contribution in [1.29, 1.82) is 0 Å². The van der Waals surface area contributed by atoms with Crippen LogP contribution in [0.4, 0.5) is 0 Å². The quantitative estimate of drug-likeness (QED) is 0.0261. The fourth-order valence-electron chi connectivity index (χ4n) is 8.64. The van der Waals surface area contributed by atoms with E-state index in [4.69, 9.17) is 14.2 Å². The zero-order valence-electron chi connectivity index (χ0n) is 49.0. The fraction of sp³-hybridized carbons (Fsp3) is 0.696. The summed E-state index contributed by atoms with van der Waals surface area (Å²) in [6.07, 6.45) is 85.2. The van der Waals surface area contributed by atoms with E-state index in [1.807, 2.05) is 0 Å². The van der Waals surface area contributed by atoms with Gasteiger partial charge in [0.25, 0.3) is 0 Å². The van der Waals surface area contributed by atoms with E-state index in [-0.39, 0.29) is 37.5 Å². The molecule has 6 nitrogen and oxygen atoms in total. The molecule has 0 saturated heterocycles. The van der Waals surface area contributed by atoms with E-state index in [0.29, 0.717) is 12.8 Å². The van der Waals surface area contributed by atoms with Gasteiger partial charge in [0.1, 0.15) is 13.2 Å². The van der Waals surface area contributed by atoms with Crippen molar-refractivity contribution in [3.63, 3.8) is 0 Å². The number of allylic oxidation sites excluding steroid dienone is 18. The maximum absolute atomic E-state index is 12.9. The summed E-state index contributed by atoms with van der Waals surface area (Å²) in [6.45, 7) is 6.39. The Labute approximate surface area is 463 Å². The van der Waals surface area contributed by atoms with Crippen molar-refractivity contribution in [2.75, 3.05) is 13.2 Å². The predicted octanol–water partition coefficient (Wildman–Crippen LogP) is 21.4. The van der Waals surface area contributed by atoms with Crippen molar-refractivity contribution >= 4 is 17.9 Å². The molecule has 428 valence electrons. The third-order valence-corrected chi connectivity index (χ3v) is 13.3. The van der Waals surface area contributed by atoms with Crippen LogP contribution in [0.15, 0.2) is 109 Å². The van der Waals surface area contributed by atoms with Gasteiger partial charge in [-0.3, -0.25) is 14.4 Å². The number of unbranched alkanes of at least 4 members (excludes halogenated alkanes) is 27. The van der Waals surface area contributed by atoms with Crippen LogP contribution < -0.4 is 0 Å². The van der Waals surface area contributed by atoms with E-state index in [1.54, 1.807) is 0 Å². The molecule has 0 aliphatic carbocycles. The third kappa shape index (κ3) is 60.8. The summed E-state index contributed by atoms with van der Waals surface area (Å²) in [5.74, 6) is -0.948. The maximum atomic E-state index is 12.9. The number of rotatable bonds is 56. The molecule has 75 heavy (non-hydrogen) atoms.